The van der Waals surface area contributed by atoms with Gasteiger partial charge in [-0.15, -0.1) is 11.8 Å². The number of nitrogens with two attached hydrogens (primary N) is 1. The van der Waals surface area contributed by atoms with Gasteiger partial charge in [-0.05, 0) is 29.7 Å². The quantitative estimate of drug-likeness (QED) is 0.296. The lowest BCUT2D eigenvalue weighted by Crippen LogP contribution is -2.33. The summed E-state index contributed by atoms with van der Waals surface area (Å²) < 4.78 is 21.7. The van der Waals surface area contributed by atoms with E-state index in [9.17, 15) is 23.9 Å². The van der Waals surface area contributed by atoms with Crippen LogP contribution in [0.15, 0.2) is 21.8 Å². The Morgan fingerprint density at radius 3 is 2.92 bits per heavy atom. The highest BCUT2D eigenvalue weighted by atomic mass is 32.2. The lowest BCUT2D eigenvalue weighted by molar-refractivity contribution is -0.121. The van der Waals surface area contributed by atoms with Crippen LogP contribution < -0.4 is 16.6 Å². The molecule has 0 fully saturated rings. The number of aliphatic hydroxyl groups excluding tert-OH is 1. The minimum atomic E-state index is -0.905. The van der Waals surface area contributed by atoms with Crippen LogP contribution >= 0.6 is 11.8 Å². The topological polar surface area (TPSA) is 137 Å². The fraction of sp³-hybridized carbons (Fsp3) is 0.385. The predicted molar refractivity (Wildman–Crippen MR) is 137 cm³/mol. The third kappa shape index (κ3) is 4.06. The number of nitrogens with zero attached hydrogens (tertiary/aromatic N) is 2. The summed E-state index contributed by atoms with van der Waals surface area (Å²) >= 11 is 1.47. The van der Waals surface area contributed by atoms with E-state index in [4.69, 9.17) is 15.5 Å². The molecule has 9 nitrogen and oxygen atoms in total. The molecule has 3 aromatic rings. The highest BCUT2D eigenvalue weighted by Crippen LogP contribution is 2.47. The Balaban J connectivity index is 1.80. The molecular formula is C26H27FN4O5S. The van der Waals surface area contributed by atoms with E-state index in [1.165, 1.54) is 24.9 Å². The first-order valence-electron chi connectivity index (χ1n) is 11.9. The third-order valence-corrected chi connectivity index (χ3v) is 8.35. The molecule has 194 valence electrons. The number of rotatable bonds is 8. The second-order valence-electron chi connectivity index (χ2n) is 9.24. The van der Waals surface area contributed by atoms with Crippen LogP contribution in [0.1, 0.15) is 46.2 Å². The monoisotopic (exact) mass is 526 g/mol. The van der Waals surface area contributed by atoms with E-state index >= 15 is 0 Å². The number of benzene rings is 1. The predicted octanol–water partition coefficient (Wildman–Crippen LogP) is 1.91. The van der Waals surface area contributed by atoms with E-state index in [0.29, 0.717) is 40.1 Å². The van der Waals surface area contributed by atoms with Crippen molar-refractivity contribution in [2.45, 2.75) is 43.4 Å². The molecule has 1 unspecified atom stereocenters. The van der Waals surface area contributed by atoms with Crippen molar-refractivity contribution in [3.63, 3.8) is 0 Å². The Kier molecular flexibility index (Phi) is 6.88. The van der Waals surface area contributed by atoms with Gasteiger partial charge in [-0.3, -0.25) is 9.59 Å². The van der Waals surface area contributed by atoms with Crippen LogP contribution in [0.25, 0.3) is 22.3 Å². The van der Waals surface area contributed by atoms with Crippen molar-refractivity contribution in [1.29, 1.82) is 0 Å². The molecule has 4 N–H and O–H groups in total. The summed E-state index contributed by atoms with van der Waals surface area (Å²) in [6.07, 6.45) is 0.771. The molecule has 37 heavy (non-hydrogen) atoms. The summed E-state index contributed by atoms with van der Waals surface area (Å²) in [5.41, 5.74) is 9.38. The van der Waals surface area contributed by atoms with Crippen LogP contribution in [0.4, 0.5) is 4.39 Å². The summed E-state index contributed by atoms with van der Waals surface area (Å²) in [5.74, 6) is -0.990. The van der Waals surface area contributed by atoms with Gasteiger partial charge in [-0.2, -0.15) is 0 Å². The van der Waals surface area contributed by atoms with Gasteiger partial charge in [0.1, 0.15) is 12.1 Å². The second kappa shape index (κ2) is 9.97. The number of aromatic nitrogens is 2. The molecule has 4 heterocycles. The zero-order chi connectivity index (χ0) is 26.4. The third-order valence-electron chi connectivity index (χ3n) is 7.05. The van der Waals surface area contributed by atoms with E-state index in [0.717, 1.165) is 21.4 Å². The molecule has 0 radical (unpaired) electrons. The number of methoxy groups -OCH3 is 1. The zero-order valence-electron chi connectivity index (χ0n) is 20.5. The number of halogens is 1. The normalized spacial score (nSPS) is 16.4. The van der Waals surface area contributed by atoms with Crippen LogP contribution in [0.2, 0.25) is 0 Å². The summed E-state index contributed by atoms with van der Waals surface area (Å²) in [6, 6.07) is 2.68. The lowest BCUT2D eigenvalue weighted by atomic mass is 9.92. The van der Waals surface area contributed by atoms with E-state index in [1.807, 2.05) is 0 Å². The smallest absolute Gasteiger partial charge is 0.257 e. The number of ether oxygens (including phenoxy) is 1. The molecule has 11 heteroatoms. The maximum absolute atomic E-state index is 14.9. The van der Waals surface area contributed by atoms with E-state index in [1.54, 1.807) is 17.6 Å². The van der Waals surface area contributed by atoms with Crippen molar-refractivity contribution >= 4 is 34.9 Å². The Labute approximate surface area is 216 Å². The van der Waals surface area contributed by atoms with Crippen LogP contribution in [0.3, 0.4) is 0 Å². The number of carbonyl (C=O) groups is 2. The number of hydrogen-bond donors (Lipinski definition) is 3. The number of aliphatic hydroxyl groups is 1. The summed E-state index contributed by atoms with van der Waals surface area (Å²) in [4.78, 5) is 43.4. The van der Waals surface area contributed by atoms with Gasteiger partial charge in [0.05, 0.1) is 48.6 Å². The van der Waals surface area contributed by atoms with Crippen LogP contribution in [-0.4, -0.2) is 52.9 Å². The van der Waals surface area contributed by atoms with Gasteiger partial charge in [0, 0.05) is 53.3 Å². The zero-order valence-corrected chi connectivity index (χ0v) is 21.3. The van der Waals surface area contributed by atoms with Gasteiger partial charge in [-0.1, -0.05) is 0 Å². The highest BCUT2D eigenvalue weighted by molar-refractivity contribution is 7.99. The summed E-state index contributed by atoms with van der Waals surface area (Å²) in [7, 11) is 1.45. The number of thioether (sulfide) groups is 1. The molecule has 1 amide bonds. The van der Waals surface area contributed by atoms with Crippen molar-refractivity contribution in [1.82, 2.24) is 14.9 Å². The number of hydrogen-bond acceptors (Lipinski definition) is 8. The number of amides is 1. The molecule has 2 aliphatic heterocycles. The van der Waals surface area contributed by atoms with Gasteiger partial charge in [-0.25, -0.2) is 9.37 Å². The van der Waals surface area contributed by atoms with Crippen LogP contribution in [0, 0.1) is 12.7 Å². The van der Waals surface area contributed by atoms with Crippen molar-refractivity contribution < 1.29 is 23.8 Å². The van der Waals surface area contributed by atoms with E-state index in [-0.39, 0.29) is 55.0 Å². The number of carbonyl (C=O) groups excluding carboxylic acids is 2. The van der Waals surface area contributed by atoms with Gasteiger partial charge < -0.3 is 30.3 Å². The molecule has 2 aliphatic rings. The molecule has 2 aromatic heterocycles. The standard InChI is InChI=1S/C26H27FN4O5S/c1-12-17(27)6-18-23-22(19(11-37-25(12)23)29-21(34)3-4-28)15-7-31-20(24(15)30-18)5-14(13(8-32)9-33)16(10-36-2)26(31)35/h5-6,8,13,19,33H,3-4,7,9-11,28H2,1-2H3,(H,29,34)/t13?,19-/m0/s1. The SMILES string of the molecule is COCc1c(C(C=O)CO)cc2n(c1=O)Cc1c-2nc2cc(F)c(C)c3c2c1[C@@H](NC(=O)CCN)CS3. The first kappa shape index (κ1) is 25.5. The minimum Gasteiger partial charge on any atom is -0.395 e. The lowest BCUT2D eigenvalue weighted by Gasteiger charge is -2.29. The summed E-state index contributed by atoms with van der Waals surface area (Å²) in [5, 5.41) is 13.6. The van der Waals surface area contributed by atoms with Crippen molar-refractivity contribution in [3.05, 3.63) is 56.1 Å². The molecule has 1 aromatic carbocycles. The molecule has 2 atom stereocenters. The number of pyridine rings is 2. The Bertz CT molecular complexity index is 1510. The molecule has 0 aliphatic carbocycles. The fourth-order valence-corrected chi connectivity index (χ4v) is 6.54. The number of aldehydes is 1. The molecule has 0 bridgehead atoms. The maximum Gasteiger partial charge on any atom is 0.257 e. The maximum atomic E-state index is 14.9. The highest BCUT2D eigenvalue weighted by Gasteiger charge is 2.35. The Morgan fingerprint density at radius 1 is 1.46 bits per heavy atom. The second-order valence-corrected chi connectivity index (χ2v) is 10.3. The fourth-order valence-electron chi connectivity index (χ4n) is 5.28. The molecule has 0 saturated heterocycles. The van der Waals surface area contributed by atoms with Crippen molar-refractivity contribution in [2.75, 3.05) is 26.0 Å². The van der Waals surface area contributed by atoms with Gasteiger partial charge in [0.25, 0.3) is 5.56 Å². The number of fused-ring (bicyclic) bond motifs is 4. The van der Waals surface area contributed by atoms with Gasteiger partial charge in [0.2, 0.25) is 5.91 Å². The summed E-state index contributed by atoms with van der Waals surface area (Å²) in [6.45, 7) is 1.64. The molecule has 5 rings (SSSR count). The molecule has 0 spiro atoms. The van der Waals surface area contributed by atoms with E-state index in [2.05, 4.69) is 5.32 Å². The first-order valence-corrected chi connectivity index (χ1v) is 12.9. The van der Waals surface area contributed by atoms with Crippen LogP contribution in [-0.2, 0) is 27.5 Å². The Morgan fingerprint density at radius 2 is 2.24 bits per heavy atom. The van der Waals surface area contributed by atoms with Crippen molar-refractivity contribution in [2.24, 2.45) is 5.73 Å². The van der Waals surface area contributed by atoms with Crippen LogP contribution in [0.5, 0.6) is 0 Å². The largest absolute Gasteiger partial charge is 0.395 e. The van der Waals surface area contributed by atoms with Gasteiger partial charge >= 0.3 is 0 Å². The average Bonchev–Trinajstić information content (AvgIpc) is 3.24. The van der Waals surface area contributed by atoms with E-state index < -0.39 is 12.5 Å². The molecular weight excluding hydrogens is 499 g/mol. The number of nitrogens with one attached hydrogen (secondary N) is 1. The minimum absolute atomic E-state index is 0.0274. The average molecular weight is 527 g/mol. The molecule has 0 saturated carbocycles. The Hall–Kier alpha value is -3.12. The first-order chi connectivity index (χ1) is 17.8. The van der Waals surface area contributed by atoms with Gasteiger partial charge in [0.15, 0.2) is 0 Å². The van der Waals surface area contributed by atoms with Crippen molar-refractivity contribution in [3.8, 4) is 11.4 Å².